The quantitative estimate of drug-likeness (QED) is 0.345. The maximum Gasteiger partial charge on any atom is 0.203 e. The summed E-state index contributed by atoms with van der Waals surface area (Å²) in [5.74, 6) is 2.69. The maximum absolute atomic E-state index is 5.67. The summed E-state index contributed by atoms with van der Waals surface area (Å²) >= 11 is 1.05. The van der Waals surface area contributed by atoms with Crippen molar-refractivity contribution in [3.05, 3.63) is 23.3 Å². The third kappa shape index (κ3) is 2.41. The minimum Gasteiger partial charge on any atom is -0.325 e. The first-order chi connectivity index (χ1) is 11.5. The highest BCUT2D eigenvalue weighted by Gasteiger charge is 2.57. The first-order valence-electron chi connectivity index (χ1n) is 9.90. The zero-order valence-electron chi connectivity index (χ0n) is 15.5. The lowest BCUT2D eigenvalue weighted by molar-refractivity contribution is -0.0227. The Morgan fingerprint density at radius 1 is 1.17 bits per heavy atom. The van der Waals surface area contributed by atoms with Gasteiger partial charge in [0.25, 0.3) is 0 Å². The van der Waals surface area contributed by atoms with Crippen molar-refractivity contribution in [2.75, 3.05) is 0 Å². The highest BCUT2D eigenvalue weighted by Crippen LogP contribution is 2.66. The van der Waals surface area contributed by atoms with Gasteiger partial charge in [-0.3, -0.25) is 0 Å². The topological polar surface area (TPSA) is 9.23 Å². The molecular weight excluding hydrogens is 311 g/mol. The van der Waals surface area contributed by atoms with E-state index < -0.39 is 0 Å². The predicted octanol–water partition coefficient (Wildman–Crippen LogP) is 6.01. The molecule has 0 heterocycles. The lowest BCUT2D eigenvalue weighted by Crippen LogP contribution is -2.49. The van der Waals surface area contributed by atoms with Crippen LogP contribution in [-0.4, -0.2) is 13.2 Å². The molecule has 0 saturated heterocycles. The smallest absolute Gasteiger partial charge is 0.203 e. The molecule has 6 unspecified atom stereocenters. The summed E-state index contributed by atoms with van der Waals surface area (Å²) in [4.78, 5) is 0. The van der Waals surface area contributed by atoms with E-state index >= 15 is 0 Å². The highest BCUT2D eigenvalue weighted by molar-refractivity contribution is 8.15. The lowest BCUT2D eigenvalue weighted by atomic mass is 9.48. The maximum atomic E-state index is 5.67. The van der Waals surface area contributed by atoms with Crippen LogP contribution in [0.4, 0.5) is 0 Å². The number of rotatable bonds is 2. The van der Waals surface area contributed by atoms with Gasteiger partial charge in [0.15, 0.2) is 0 Å². The molecule has 0 N–H and O–H groups in total. The Labute approximate surface area is 153 Å². The molecule has 6 atom stereocenters. The number of hydrogen-bond donors (Lipinski definition) is 0. The van der Waals surface area contributed by atoms with Crippen molar-refractivity contribution in [3.63, 3.8) is 0 Å². The molecule has 0 aromatic rings. The molecule has 1 nitrogen and oxygen atoms in total. The largest absolute Gasteiger partial charge is 0.325 e. The number of hydrogen-bond acceptors (Lipinski definition) is 2. The monoisotopic (exact) mass is 342 g/mol. The molecule has 3 saturated carbocycles. The molecule has 0 bridgehead atoms. The summed E-state index contributed by atoms with van der Waals surface area (Å²) in [6.07, 6.45) is 15.8. The van der Waals surface area contributed by atoms with Crippen LogP contribution < -0.4 is 0 Å². The molecule has 2 radical (unpaired) electrons. The Morgan fingerprint density at radius 2 is 1.92 bits per heavy atom. The molecule has 0 aromatic heterocycles. The second kappa shape index (κ2) is 6.23. The fourth-order valence-electron chi connectivity index (χ4n) is 7.11. The van der Waals surface area contributed by atoms with Crippen molar-refractivity contribution >= 4 is 19.0 Å². The van der Waals surface area contributed by atoms with Crippen molar-refractivity contribution in [2.24, 2.45) is 28.6 Å². The summed E-state index contributed by atoms with van der Waals surface area (Å²) in [5, 5.41) is 0. The SMILES string of the molecule is [B]SOC1CCC2(C)C(=CCC3C2CCC2(C)/C(=C/C)CCC32)C1. The van der Waals surface area contributed by atoms with Gasteiger partial charge in [-0.25, -0.2) is 0 Å². The number of allylic oxidation sites excluding steroid dienone is 3. The van der Waals surface area contributed by atoms with Gasteiger partial charge in [0.05, 0.1) is 6.10 Å². The van der Waals surface area contributed by atoms with Gasteiger partial charge >= 0.3 is 0 Å². The van der Waals surface area contributed by atoms with Gasteiger partial charge in [0, 0.05) is 0 Å². The normalized spacial score (nSPS) is 49.3. The van der Waals surface area contributed by atoms with E-state index in [1.807, 2.05) is 0 Å². The van der Waals surface area contributed by atoms with Gasteiger partial charge in [-0.2, -0.15) is 0 Å². The number of fused-ring (bicyclic) bond motifs is 5. The Hall–Kier alpha value is -0.145. The molecule has 4 aliphatic carbocycles. The third-order valence-corrected chi connectivity index (χ3v) is 8.83. The van der Waals surface area contributed by atoms with Crippen LogP contribution in [-0.2, 0) is 4.18 Å². The molecule has 130 valence electrons. The van der Waals surface area contributed by atoms with Gasteiger partial charge < -0.3 is 4.18 Å². The average Bonchev–Trinajstić information content (AvgIpc) is 2.92. The van der Waals surface area contributed by atoms with Gasteiger partial charge in [-0.15, -0.1) is 0 Å². The second-order valence-electron chi connectivity index (χ2n) is 9.13. The van der Waals surface area contributed by atoms with E-state index in [4.69, 9.17) is 11.3 Å². The highest BCUT2D eigenvalue weighted by atomic mass is 32.2. The summed E-state index contributed by atoms with van der Waals surface area (Å²) in [5.41, 5.74) is 4.35. The molecule has 3 heteroatoms. The van der Waals surface area contributed by atoms with Gasteiger partial charge in [-0.1, -0.05) is 49.0 Å². The van der Waals surface area contributed by atoms with E-state index in [-0.39, 0.29) is 0 Å². The molecule has 0 spiro atoms. The van der Waals surface area contributed by atoms with Crippen LogP contribution in [0.5, 0.6) is 0 Å². The van der Waals surface area contributed by atoms with Crippen molar-refractivity contribution < 1.29 is 4.18 Å². The van der Waals surface area contributed by atoms with Crippen LogP contribution in [0, 0.1) is 28.6 Å². The lowest BCUT2D eigenvalue weighted by Gasteiger charge is -2.57. The van der Waals surface area contributed by atoms with E-state index in [1.165, 1.54) is 44.9 Å². The standard InChI is InChI=1S/C21H31BOS/c1-4-14-6-8-18-17-7-5-15-13-16(23-24-22)9-11-21(15,3)19(17)10-12-20(14,18)2/h4-5,16-19H,6-13H2,1-3H3/b14-4+. The van der Waals surface area contributed by atoms with E-state index in [0.717, 1.165) is 36.1 Å². The minimum atomic E-state index is 0.325. The molecule has 24 heavy (non-hydrogen) atoms. The van der Waals surface area contributed by atoms with Crippen molar-refractivity contribution in [1.29, 1.82) is 0 Å². The van der Waals surface area contributed by atoms with Crippen LogP contribution in [0.2, 0.25) is 0 Å². The van der Waals surface area contributed by atoms with Crippen LogP contribution in [0.15, 0.2) is 23.3 Å². The zero-order chi connectivity index (χ0) is 16.9. The predicted molar refractivity (Wildman–Crippen MR) is 104 cm³/mol. The van der Waals surface area contributed by atoms with E-state index in [1.54, 1.807) is 11.1 Å². The minimum absolute atomic E-state index is 0.325. The van der Waals surface area contributed by atoms with E-state index in [2.05, 4.69) is 32.9 Å². The summed E-state index contributed by atoms with van der Waals surface area (Å²) in [6, 6.07) is 0. The summed E-state index contributed by atoms with van der Waals surface area (Å²) in [7, 11) is 5.54. The van der Waals surface area contributed by atoms with Crippen molar-refractivity contribution in [1.82, 2.24) is 0 Å². The van der Waals surface area contributed by atoms with E-state index in [9.17, 15) is 0 Å². The van der Waals surface area contributed by atoms with Gasteiger partial charge in [0.1, 0.15) is 0 Å². The first-order valence-corrected chi connectivity index (χ1v) is 10.7. The first kappa shape index (κ1) is 17.3. The molecule has 4 rings (SSSR count). The fourth-order valence-corrected chi connectivity index (χ4v) is 7.43. The van der Waals surface area contributed by atoms with Crippen molar-refractivity contribution in [3.8, 4) is 0 Å². The van der Waals surface area contributed by atoms with Crippen molar-refractivity contribution in [2.45, 2.75) is 78.2 Å². The summed E-state index contributed by atoms with van der Waals surface area (Å²) < 4.78 is 5.67. The molecular formula is C21H31BOS. The second-order valence-corrected chi connectivity index (χ2v) is 9.51. The van der Waals surface area contributed by atoms with Crippen LogP contribution in [0.1, 0.15) is 72.1 Å². The van der Waals surface area contributed by atoms with Crippen LogP contribution in [0.3, 0.4) is 0 Å². The zero-order valence-corrected chi connectivity index (χ0v) is 16.3. The molecule has 3 fully saturated rings. The molecule has 0 aromatic carbocycles. The van der Waals surface area contributed by atoms with Crippen LogP contribution in [0.25, 0.3) is 0 Å². The fraction of sp³-hybridized carbons (Fsp3) is 0.810. The third-order valence-electron chi connectivity index (χ3n) is 8.45. The Kier molecular flexibility index (Phi) is 4.49. The molecule has 4 aliphatic rings. The van der Waals surface area contributed by atoms with Gasteiger partial charge in [-0.05, 0) is 86.9 Å². The van der Waals surface area contributed by atoms with Gasteiger partial charge in [0.2, 0.25) is 7.12 Å². The average molecular weight is 342 g/mol. The Morgan fingerprint density at radius 3 is 2.67 bits per heavy atom. The molecule has 0 amide bonds. The Bertz CT molecular complexity index is 570. The van der Waals surface area contributed by atoms with Crippen LogP contribution >= 0.6 is 11.9 Å². The molecule has 0 aliphatic heterocycles. The Balaban J connectivity index is 1.61. The van der Waals surface area contributed by atoms with E-state index in [0.29, 0.717) is 16.9 Å². The summed E-state index contributed by atoms with van der Waals surface area (Å²) in [6.45, 7) is 7.39.